The number of likely N-dealkylation sites (tertiary alicyclic amines) is 2. The summed E-state index contributed by atoms with van der Waals surface area (Å²) < 4.78 is 56.6. The lowest BCUT2D eigenvalue weighted by molar-refractivity contribution is -0.126. The van der Waals surface area contributed by atoms with Crippen molar-refractivity contribution < 1.29 is 66.4 Å². The van der Waals surface area contributed by atoms with Gasteiger partial charge in [-0.15, -0.1) is 0 Å². The van der Waals surface area contributed by atoms with Gasteiger partial charge in [0.15, 0.2) is 0 Å². The highest BCUT2D eigenvalue weighted by Crippen LogP contribution is 2.42. The largest absolute Gasteiger partial charge is 0.496 e. The monoisotopic (exact) mass is 1350 g/mol. The van der Waals surface area contributed by atoms with E-state index < -0.39 is 43.0 Å². The van der Waals surface area contributed by atoms with E-state index in [1.165, 1.54) is 53.0 Å². The van der Waals surface area contributed by atoms with Crippen molar-refractivity contribution in [2.45, 2.75) is 104 Å². The van der Waals surface area contributed by atoms with E-state index in [4.69, 9.17) is 25.8 Å². The van der Waals surface area contributed by atoms with E-state index in [1.807, 2.05) is 62.1 Å². The number of aliphatic hydroxyl groups is 2. The first-order valence-electron chi connectivity index (χ1n) is 32.2. The zero-order valence-corrected chi connectivity index (χ0v) is 56.5. The number of hydrogen-bond donors (Lipinski definition) is 5. The van der Waals surface area contributed by atoms with Crippen molar-refractivity contribution in [3.8, 4) is 11.5 Å². The predicted molar refractivity (Wildman–Crippen MR) is 365 cm³/mol. The third-order valence-electron chi connectivity index (χ3n) is 18.8. The van der Waals surface area contributed by atoms with E-state index in [0.29, 0.717) is 126 Å². The van der Waals surface area contributed by atoms with Crippen LogP contribution in [-0.2, 0) is 31.9 Å². The Balaban J connectivity index is 0.000000172. The van der Waals surface area contributed by atoms with Crippen molar-refractivity contribution in [1.82, 2.24) is 39.1 Å². The molecule has 6 aromatic carbocycles. The molecular weight excluding hydrogens is 1270 g/mol. The van der Waals surface area contributed by atoms with Crippen LogP contribution >= 0.6 is 7.37 Å². The second kappa shape index (κ2) is 30.1. The van der Waals surface area contributed by atoms with Crippen molar-refractivity contribution >= 4 is 75.0 Å². The van der Waals surface area contributed by atoms with Crippen molar-refractivity contribution in [2.24, 2.45) is 5.90 Å². The number of ether oxygens (including phenoxy) is 2. The van der Waals surface area contributed by atoms with Crippen LogP contribution in [0.15, 0.2) is 133 Å². The van der Waals surface area contributed by atoms with Gasteiger partial charge in [0, 0.05) is 135 Å². The maximum atomic E-state index is 14.0. The van der Waals surface area contributed by atoms with E-state index in [9.17, 15) is 52.3 Å². The topological polar surface area (TPSA) is 280 Å². The number of fused-ring (bicyclic) bond motifs is 2. The van der Waals surface area contributed by atoms with Crippen LogP contribution in [-0.4, -0.2) is 187 Å². The number of methoxy groups -OCH3 is 2. The van der Waals surface area contributed by atoms with Crippen molar-refractivity contribution in [1.29, 1.82) is 0 Å². The number of halogens is 2. The van der Waals surface area contributed by atoms with Crippen LogP contribution in [0.3, 0.4) is 0 Å². The maximum absolute atomic E-state index is 14.0. The van der Waals surface area contributed by atoms with Crippen LogP contribution in [0.2, 0.25) is 0 Å². The second-order valence-corrected chi connectivity index (χ2v) is 27.8. The highest BCUT2D eigenvalue weighted by molar-refractivity contribution is 7.74. The SMILES string of the molecule is COc1cc2[nH]c(C)c(C(=O)C(=O)N3CC[C@@H](O)C3)c2cc1C(=O)N1C[C@H](C)N(Cc2ccc(F)cc2)C[C@H]1C.COc1cc2c(cc1C(=O)N1C[C@H](C)N(Cc3ccc(F)cc3)C[C@H]1C)c(C(=O)C(=O)N1CC[C@@H](O)C1)c(C)n2N.NOP(=O)(c1ccccc1)c1ccccc1. The number of nitrogen functional groups attached to an aromatic ring is 1. The van der Waals surface area contributed by atoms with E-state index in [0.717, 1.165) is 11.1 Å². The molecule has 0 aliphatic carbocycles. The molecule has 8 aromatic rings. The van der Waals surface area contributed by atoms with Crippen LogP contribution in [0.25, 0.3) is 21.8 Å². The van der Waals surface area contributed by atoms with Crippen LogP contribution in [0.1, 0.15) is 104 Å². The third-order valence-corrected chi connectivity index (χ3v) is 21.0. The zero-order chi connectivity index (χ0) is 69.7. The lowest BCUT2D eigenvalue weighted by atomic mass is 10.0. The highest BCUT2D eigenvalue weighted by atomic mass is 31.2. The molecule has 4 aliphatic heterocycles. The summed E-state index contributed by atoms with van der Waals surface area (Å²) >= 11 is 0. The summed E-state index contributed by atoms with van der Waals surface area (Å²) in [6.07, 6.45) is -0.428. The molecule has 6 heterocycles. The van der Waals surface area contributed by atoms with Gasteiger partial charge in [0.25, 0.3) is 42.6 Å². The number of benzene rings is 6. The van der Waals surface area contributed by atoms with E-state index >= 15 is 0 Å². The smallest absolute Gasteiger partial charge is 0.295 e. The first-order chi connectivity index (χ1) is 46.3. The molecule has 512 valence electrons. The van der Waals surface area contributed by atoms with Gasteiger partial charge < -0.3 is 50.1 Å². The number of rotatable bonds is 15. The van der Waals surface area contributed by atoms with Crippen molar-refractivity contribution in [3.05, 3.63) is 190 Å². The summed E-state index contributed by atoms with van der Waals surface area (Å²) in [5.41, 5.74) is 4.91. The first kappa shape index (κ1) is 70.7. The molecule has 7 N–H and O–H groups in total. The van der Waals surface area contributed by atoms with Gasteiger partial charge in [0.2, 0.25) is 0 Å². The first-order valence-corrected chi connectivity index (χ1v) is 33.9. The van der Waals surface area contributed by atoms with E-state index in [1.54, 1.807) is 91.5 Å². The van der Waals surface area contributed by atoms with Gasteiger partial charge in [-0.05, 0) is 126 Å². The minimum Gasteiger partial charge on any atom is -0.496 e. The molecule has 4 amide bonds. The van der Waals surface area contributed by atoms with Crippen molar-refractivity contribution in [2.75, 3.05) is 72.4 Å². The predicted octanol–water partition coefficient (Wildman–Crippen LogP) is 7.26. The molecular formula is C72H83F2N10O12P. The lowest BCUT2D eigenvalue weighted by Gasteiger charge is -2.44. The Morgan fingerprint density at radius 3 is 1.40 bits per heavy atom. The van der Waals surface area contributed by atoms with Gasteiger partial charge in [-0.3, -0.25) is 47.8 Å². The van der Waals surface area contributed by atoms with E-state index in [-0.39, 0.29) is 77.4 Å². The number of ketones is 2. The number of nitrogens with two attached hydrogens (primary N) is 2. The Morgan fingerprint density at radius 2 is 0.990 bits per heavy atom. The van der Waals surface area contributed by atoms with Gasteiger partial charge in [0.05, 0.1) is 59.7 Å². The summed E-state index contributed by atoms with van der Waals surface area (Å²) in [5, 5.41) is 21.7. The average molecular weight is 1350 g/mol. The number of aliphatic hydroxyl groups excluding tert-OH is 2. The number of nitrogens with one attached hydrogen (secondary N) is 1. The van der Waals surface area contributed by atoms with Gasteiger partial charge in [-0.1, -0.05) is 60.7 Å². The Bertz CT molecular complexity index is 4230. The van der Waals surface area contributed by atoms with Crippen LogP contribution in [0, 0.1) is 25.5 Å². The Kier molecular flexibility index (Phi) is 21.9. The Hall–Kier alpha value is -9.13. The number of β-amino-alcohol motifs (C(OH)–C–C–N with tert-alkyl or cyclic N) is 2. The zero-order valence-electron chi connectivity index (χ0n) is 55.6. The fourth-order valence-corrected chi connectivity index (χ4v) is 15.0. The number of H-pyrrole nitrogens is 1. The van der Waals surface area contributed by atoms with E-state index in [2.05, 4.69) is 21.7 Å². The number of piperazine rings is 2. The number of aromatic nitrogens is 2. The number of hydrogen-bond acceptors (Lipinski definition) is 16. The molecule has 0 bridgehead atoms. The second-order valence-electron chi connectivity index (χ2n) is 25.4. The number of aryl methyl sites for hydroxylation is 1. The van der Waals surface area contributed by atoms with Gasteiger partial charge >= 0.3 is 0 Å². The Morgan fingerprint density at radius 1 is 0.567 bits per heavy atom. The lowest BCUT2D eigenvalue weighted by Crippen LogP contribution is -2.57. The summed E-state index contributed by atoms with van der Waals surface area (Å²) in [6.45, 7) is 15.8. The average Bonchev–Trinajstić information content (AvgIpc) is 1.65. The standard InChI is InChI=1S/C30H36FN5O5.C30H35FN4O5.C12H12NO2P/c1-17-14-35(18(2)13-34(17)15-20-5-7-21(31)8-6-20)29(39)24-11-23-25(12-26(24)41-4)36(32)19(3)27(23)28(38)30(40)33-10-9-22(37)16-33;1-17-14-35(18(2)13-34(17)15-20-5-7-21(31)8-6-20)29(38)24-11-23-25(12-26(24)40-4)32-19(3)27(23)28(37)30(39)33-10-9-22(36)16-33;13-15-16(14,11-7-3-1-4-8-11)12-9-5-2-6-10-12/h5-8,11-12,17-18,22,37H,9-10,13-16,32H2,1-4H3;5-8,11-12,17-18,22,32,36H,9-10,13-16H2,1-4H3;1-10H,13H2/t2*17-,18+,22+;/m00./s1. The molecule has 97 heavy (non-hydrogen) atoms. The molecule has 4 aliphatic rings. The summed E-state index contributed by atoms with van der Waals surface area (Å²) in [5.74, 6) is 8.41. The number of Topliss-reactive ketones (excluding diaryl/α,β-unsaturated/α-hetero) is 2. The van der Waals surface area contributed by atoms with Crippen LogP contribution < -0.4 is 31.8 Å². The van der Waals surface area contributed by atoms with Gasteiger partial charge in [-0.2, -0.15) is 0 Å². The number of carbonyl (C=O) groups excluding carboxylic acids is 6. The minimum absolute atomic E-state index is 0.0351. The van der Waals surface area contributed by atoms with Crippen molar-refractivity contribution in [3.63, 3.8) is 0 Å². The fraction of sp³-hybridized carbons (Fsp3) is 0.361. The van der Waals surface area contributed by atoms with Crippen LogP contribution in [0.5, 0.6) is 11.5 Å². The minimum atomic E-state index is -3.13. The van der Waals surface area contributed by atoms with Crippen LogP contribution in [0.4, 0.5) is 8.78 Å². The normalized spacial score (nSPS) is 19.9. The quantitative estimate of drug-likeness (QED) is 0.0222. The van der Waals surface area contributed by atoms with Gasteiger partial charge in [-0.25, -0.2) is 19.3 Å². The molecule has 4 saturated heterocycles. The van der Waals surface area contributed by atoms with Gasteiger partial charge in [0.1, 0.15) is 23.1 Å². The number of nitrogens with zero attached hydrogens (tertiary/aromatic N) is 7. The highest BCUT2D eigenvalue weighted by Gasteiger charge is 2.39. The molecule has 4 fully saturated rings. The molecule has 0 saturated carbocycles. The number of carbonyl (C=O) groups is 6. The fourth-order valence-electron chi connectivity index (χ4n) is 13.3. The molecule has 25 heteroatoms. The molecule has 0 radical (unpaired) electrons. The summed E-state index contributed by atoms with van der Waals surface area (Å²) in [6, 6.07) is 37.2. The molecule has 6 atom stereocenters. The summed E-state index contributed by atoms with van der Waals surface area (Å²) in [4.78, 5) is 94.7. The number of aromatic amines is 1. The number of amides is 4. The third kappa shape index (κ3) is 15.1. The molecule has 0 spiro atoms. The summed E-state index contributed by atoms with van der Waals surface area (Å²) in [7, 11) is -0.165. The maximum Gasteiger partial charge on any atom is 0.295 e. The Labute approximate surface area is 561 Å². The molecule has 0 unspecified atom stereocenters. The molecule has 2 aromatic heterocycles. The molecule has 22 nitrogen and oxygen atoms in total. The molecule has 12 rings (SSSR count).